The van der Waals surface area contributed by atoms with Gasteiger partial charge in [-0.2, -0.15) is 0 Å². The van der Waals surface area contributed by atoms with Crippen LogP contribution in [-0.2, 0) is 0 Å². The highest BCUT2D eigenvalue weighted by molar-refractivity contribution is 6.05. The minimum Gasteiger partial charge on any atom is -0.465 e. The van der Waals surface area contributed by atoms with E-state index in [0.717, 1.165) is 22.0 Å². The Labute approximate surface area is 166 Å². The van der Waals surface area contributed by atoms with Gasteiger partial charge in [0, 0.05) is 37.1 Å². The van der Waals surface area contributed by atoms with E-state index in [2.05, 4.69) is 25.6 Å². The number of carbonyl (C=O) groups excluding carboxylic acids is 1. The zero-order chi connectivity index (χ0) is 20.2. The number of carboxylic acid groups (broad SMARTS) is 1. The predicted molar refractivity (Wildman–Crippen MR) is 109 cm³/mol. The molecule has 3 heterocycles. The third-order valence-electron chi connectivity index (χ3n) is 4.64. The Balaban J connectivity index is 1.58. The second-order valence-corrected chi connectivity index (χ2v) is 6.47. The smallest absolute Gasteiger partial charge is 0.407 e. The maximum atomic E-state index is 12.3. The van der Waals surface area contributed by atoms with E-state index in [4.69, 9.17) is 5.11 Å². The third kappa shape index (κ3) is 4.13. The summed E-state index contributed by atoms with van der Waals surface area (Å²) < 4.78 is 0. The van der Waals surface area contributed by atoms with Crippen LogP contribution >= 0.6 is 0 Å². The van der Waals surface area contributed by atoms with Crippen molar-refractivity contribution in [1.82, 2.24) is 19.9 Å². The van der Waals surface area contributed by atoms with Crippen LogP contribution in [-0.4, -0.2) is 50.2 Å². The van der Waals surface area contributed by atoms with E-state index in [9.17, 15) is 9.59 Å². The molecule has 3 N–H and O–H groups in total. The fourth-order valence-electron chi connectivity index (χ4n) is 3.19. The lowest BCUT2D eigenvalue weighted by Crippen LogP contribution is -2.33. The van der Waals surface area contributed by atoms with Gasteiger partial charge in [0.25, 0.3) is 0 Å². The summed E-state index contributed by atoms with van der Waals surface area (Å²) in [6, 6.07) is 7.10. The number of nitrogens with zero attached hydrogens (tertiary/aromatic N) is 4. The van der Waals surface area contributed by atoms with Crippen LogP contribution in [0, 0.1) is 0 Å². The molecule has 3 aromatic rings. The number of anilines is 2. The number of aromatic nitrogens is 3. The van der Waals surface area contributed by atoms with Crippen LogP contribution in [0.25, 0.3) is 16.5 Å². The van der Waals surface area contributed by atoms with Gasteiger partial charge in [0.1, 0.15) is 0 Å². The van der Waals surface area contributed by atoms with Crippen LogP contribution in [0.1, 0.15) is 12.0 Å². The molecule has 1 aromatic carbocycles. The van der Waals surface area contributed by atoms with Crippen molar-refractivity contribution in [3.05, 3.63) is 60.7 Å². The fourth-order valence-corrected chi connectivity index (χ4v) is 3.19. The molecule has 4 rings (SSSR count). The molecule has 0 fully saturated rings. The van der Waals surface area contributed by atoms with Crippen LogP contribution in [0.2, 0.25) is 0 Å². The maximum Gasteiger partial charge on any atom is 0.407 e. The van der Waals surface area contributed by atoms with Gasteiger partial charge in [-0.3, -0.25) is 15.3 Å². The molecule has 146 valence electrons. The number of benzene rings is 1. The number of nitrogens with one attached hydrogen (secondary N) is 2. The SMILES string of the molecule is O=C(Nc1cnccn1)Nc1ccnc2ccc(C3=CCN(C(=O)O)CC3)cc12. The molecule has 3 amide bonds. The first-order chi connectivity index (χ1) is 14.1. The first-order valence-electron chi connectivity index (χ1n) is 9.00. The molecule has 29 heavy (non-hydrogen) atoms. The topological polar surface area (TPSA) is 120 Å². The Morgan fingerprint density at radius 3 is 2.69 bits per heavy atom. The second kappa shape index (κ2) is 7.93. The number of amides is 3. The predicted octanol–water partition coefficient (Wildman–Crippen LogP) is 3.44. The Morgan fingerprint density at radius 1 is 1.07 bits per heavy atom. The van der Waals surface area contributed by atoms with E-state index >= 15 is 0 Å². The zero-order valence-electron chi connectivity index (χ0n) is 15.4. The summed E-state index contributed by atoms with van der Waals surface area (Å²) in [5.41, 5.74) is 3.41. The quantitative estimate of drug-likeness (QED) is 0.630. The first-order valence-corrected chi connectivity index (χ1v) is 9.00. The van der Waals surface area contributed by atoms with Crippen molar-refractivity contribution in [3.8, 4) is 0 Å². The van der Waals surface area contributed by atoms with Crippen molar-refractivity contribution < 1.29 is 14.7 Å². The Bertz CT molecular complexity index is 1100. The van der Waals surface area contributed by atoms with Gasteiger partial charge in [0.2, 0.25) is 0 Å². The minimum absolute atomic E-state index is 0.347. The van der Waals surface area contributed by atoms with Crippen LogP contribution in [0.3, 0.4) is 0 Å². The van der Waals surface area contributed by atoms with E-state index in [1.165, 1.54) is 23.5 Å². The van der Waals surface area contributed by atoms with E-state index in [0.29, 0.717) is 31.0 Å². The number of pyridine rings is 1. The maximum absolute atomic E-state index is 12.3. The minimum atomic E-state index is -0.913. The number of hydrogen-bond acceptors (Lipinski definition) is 5. The second-order valence-electron chi connectivity index (χ2n) is 6.47. The fraction of sp³-hybridized carbons (Fsp3) is 0.150. The molecule has 0 saturated heterocycles. The van der Waals surface area contributed by atoms with E-state index in [-0.39, 0.29) is 0 Å². The van der Waals surface area contributed by atoms with Gasteiger partial charge in [-0.15, -0.1) is 0 Å². The van der Waals surface area contributed by atoms with Crippen molar-refractivity contribution in [3.63, 3.8) is 0 Å². The molecule has 0 spiro atoms. The summed E-state index contributed by atoms with van der Waals surface area (Å²) in [6.45, 7) is 0.819. The standard InChI is InChI=1S/C20H18N6O3/c27-19(25-18-12-21-7-8-23-18)24-17-3-6-22-16-2-1-14(11-15(16)17)13-4-9-26(10-5-13)20(28)29/h1-4,6-8,11-12H,5,9-10H2,(H,28,29)(H2,22,23,24,25,27). The number of fused-ring (bicyclic) bond motifs is 1. The van der Waals surface area contributed by atoms with Crippen LogP contribution in [0.4, 0.5) is 21.1 Å². The molecule has 2 aromatic heterocycles. The van der Waals surface area contributed by atoms with E-state index in [1.807, 2.05) is 24.3 Å². The molecule has 9 nitrogen and oxygen atoms in total. The molecule has 0 saturated carbocycles. The van der Waals surface area contributed by atoms with Gasteiger partial charge in [-0.05, 0) is 35.8 Å². The van der Waals surface area contributed by atoms with Crippen molar-refractivity contribution in [2.75, 3.05) is 23.7 Å². The highest BCUT2D eigenvalue weighted by atomic mass is 16.4. The first kappa shape index (κ1) is 18.4. The van der Waals surface area contributed by atoms with Crippen LogP contribution in [0.5, 0.6) is 0 Å². The summed E-state index contributed by atoms with van der Waals surface area (Å²) in [5, 5.41) is 15.3. The van der Waals surface area contributed by atoms with Crippen LogP contribution in [0.15, 0.2) is 55.1 Å². The molecule has 0 aliphatic carbocycles. The Morgan fingerprint density at radius 2 is 1.97 bits per heavy atom. The third-order valence-corrected chi connectivity index (χ3v) is 4.64. The lowest BCUT2D eigenvalue weighted by Gasteiger charge is -2.24. The number of urea groups is 1. The average molecular weight is 390 g/mol. The highest BCUT2D eigenvalue weighted by Gasteiger charge is 2.17. The molecular weight excluding hydrogens is 372 g/mol. The number of hydrogen-bond donors (Lipinski definition) is 3. The summed E-state index contributed by atoms with van der Waals surface area (Å²) in [4.78, 5) is 37.1. The number of carbonyl (C=O) groups is 2. The van der Waals surface area contributed by atoms with Crippen molar-refractivity contribution in [2.24, 2.45) is 0 Å². The lowest BCUT2D eigenvalue weighted by atomic mass is 9.97. The zero-order valence-corrected chi connectivity index (χ0v) is 15.4. The largest absolute Gasteiger partial charge is 0.465 e. The van der Waals surface area contributed by atoms with Gasteiger partial charge in [-0.25, -0.2) is 14.6 Å². The molecule has 0 radical (unpaired) electrons. The van der Waals surface area contributed by atoms with Gasteiger partial charge in [0.15, 0.2) is 5.82 Å². The van der Waals surface area contributed by atoms with Gasteiger partial charge < -0.3 is 15.3 Å². The van der Waals surface area contributed by atoms with Gasteiger partial charge in [0.05, 0.1) is 17.4 Å². The number of rotatable bonds is 3. The van der Waals surface area contributed by atoms with E-state index < -0.39 is 12.1 Å². The molecule has 0 atom stereocenters. The molecular formula is C20H18N6O3. The molecule has 9 heteroatoms. The summed E-state index contributed by atoms with van der Waals surface area (Å²) in [6.07, 6.45) is 7.74. The monoisotopic (exact) mass is 390 g/mol. The van der Waals surface area contributed by atoms with Crippen molar-refractivity contribution >= 4 is 40.1 Å². The highest BCUT2D eigenvalue weighted by Crippen LogP contribution is 2.29. The summed E-state index contributed by atoms with van der Waals surface area (Å²) in [7, 11) is 0. The molecule has 1 aliphatic heterocycles. The average Bonchev–Trinajstić information content (AvgIpc) is 2.74. The molecule has 1 aliphatic rings. The van der Waals surface area contributed by atoms with E-state index in [1.54, 1.807) is 12.3 Å². The Kier molecular flexibility index (Phi) is 5.02. The van der Waals surface area contributed by atoms with Crippen LogP contribution < -0.4 is 10.6 Å². The van der Waals surface area contributed by atoms with Crippen molar-refractivity contribution in [2.45, 2.75) is 6.42 Å². The molecule has 0 bridgehead atoms. The Hall–Kier alpha value is -4.01. The van der Waals surface area contributed by atoms with Gasteiger partial charge >= 0.3 is 12.1 Å². The summed E-state index contributed by atoms with van der Waals surface area (Å²) in [5.74, 6) is 0.347. The molecule has 0 unspecified atom stereocenters. The summed E-state index contributed by atoms with van der Waals surface area (Å²) >= 11 is 0. The van der Waals surface area contributed by atoms with Gasteiger partial charge in [-0.1, -0.05) is 12.1 Å². The van der Waals surface area contributed by atoms with Crippen molar-refractivity contribution in [1.29, 1.82) is 0 Å². The lowest BCUT2D eigenvalue weighted by molar-refractivity contribution is 0.150. The normalized spacial score (nSPS) is 13.7.